The van der Waals surface area contributed by atoms with E-state index >= 15 is 0 Å². The summed E-state index contributed by atoms with van der Waals surface area (Å²) in [5.74, 6) is -0.0318. The topological polar surface area (TPSA) is 26.3 Å². The fraction of sp³-hybridized carbons (Fsp3) is 0.500. The molecular weight excluding hydrogens is 328 g/mol. The molecule has 1 rings (SSSR count). The Bertz CT molecular complexity index is 333. The zero-order valence-corrected chi connectivity index (χ0v) is 12.9. The van der Waals surface area contributed by atoms with E-state index in [-0.39, 0.29) is 26.9 Å². The number of rotatable bonds is 7. The fourth-order valence-electron chi connectivity index (χ4n) is 1.29. The van der Waals surface area contributed by atoms with Crippen molar-refractivity contribution >= 4 is 30.5 Å². The molecule has 0 amide bonds. The van der Waals surface area contributed by atoms with E-state index in [9.17, 15) is 4.79 Å². The van der Waals surface area contributed by atoms with Gasteiger partial charge in [-0.2, -0.15) is 0 Å². The van der Waals surface area contributed by atoms with Gasteiger partial charge in [0.05, 0.1) is 0 Å². The van der Waals surface area contributed by atoms with Gasteiger partial charge in [-0.3, -0.25) is 0 Å². The third-order valence-electron chi connectivity index (χ3n) is 2.36. The molecule has 0 radical (unpaired) electrons. The number of benzene rings is 1. The average molecular weight is 348 g/mol. The summed E-state index contributed by atoms with van der Waals surface area (Å²) in [5, 5.41) is 0. The molecule has 0 bridgehead atoms. The van der Waals surface area contributed by atoms with E-state index in [1.165, 1.54) is 9.17 Å². The molecule has 17 heavy (non-hydrogen) atoms. The van der Waals surface area contributed by atoms with Crippen LogP contribution in [0.25, 0.3) is 0 Å². The van der Waals surface area contributed by atoms with Crippen LogP contribution in [0.5, 0.6) is 0 Å². The molecule has 2 nitrogen and oxygen atoms in total. The first kappa shape index (κ1) is 14.5. The molecule has 0 fully saturated rings. The summed E-state index contributed by atoms with van der Waals surface area (Å²) in [6.07, 6.45) is 2.63. The van der Waals surface area contributed by atoms with Gasteiger partial charge in [0.15, 0.2) is 0 Å². The Hall–Kier alpha value is -0.520. The Kier molecular flexibility index (Phi) is 7.32. The van der Waals surface area contributed by atoms with Crippen molar-refractivity contribution < 1.29 is 9.53 Å². The monoisotopic (exact) mass is 350 g/mol. The van der Waals surface area contributed by atoms with Gasteiger partial charge in [-0.1, -0.05) is 0 Å². The molecule has 0 heterocycles. The van der Waals surface area contributed by atoms with E-state index in [4.69, 9.17) is 4.74 Å². The summed E-state index contributed by atoms with van der Waals surface area (Å²) in [7, 11) is 0. The number of hydrogen-bond donors (Lipinski definition) is 0. The van der Waals surface area contributed by atoms with Crippen molar-refractivity contribution in [3.05, 3.63) is 29.8 Å². The number of carbonyl (C=O) groups is 1. The second-order valence-corrected chi connectivity index (χ2v) is 7.32. The number of aryl methyl sites for hydroxylation is 1. The van der Waals surface area contributed by atoms with Crippen molar-refractivity contribution in [2.45, 2.75) is 37.6 Å². The van der Waals surface area contributed by atoms with Crippen LogP contribution in [0, 0.1) is 6.92 Å². The van der Waals surface area contributed by atoms with Gasteiger partial charge in [-0.25, -0.2) is 0 Å². The molecule has 0 aliphatic rings. The van der Waals surface area contributed by atoms with Crippen molar-refractivity contribution in [2.24, 2.45) is 0 Å². The Morgan fingerprint density at radius 3 is 2.65 bits per heavy atom. The molecule has 0 aromatic heterocycles. The normalized spacial score (nSPS) is 10.2. The average Bonchev–Trinajstić information content (AvgIpc) is 2.32. The first-order valence-electron chi connectivity index (χ1n) is 6.07. The van der Waals surface area contributed by atoms with Crippen molar-refractivity contribution in [1.82, 2.24) is 0 Å². The van der Waals surface area contributed by atoms with Gasteiger partial charge in [0.1, 0.15) is 0 Å². The van der Waals surface area contributed by atoms with Gasteiger partial charge < -0.3 is 0 Å². The number of unbranched alkanes of at least 4 members (excludes halogenated alkanes) is 1. The standard InChI is InChI=1S/C14H20O2Te/c1-3-4-10-16-14(15)9-11-17-13-7-5-12(2)6-8-13/h5-8H,3-4,9-11H2,1-2H3. The van der Waals surface area contributed by atoms with Crippen LogP contribution in [0.4, 0.5) is 0 Å². The molecule has 1 aromatic rings. The summed E-state index contributed by atoms with van der Waals surface area (Å²) in [4.78, 5) is 11.4. The van der Waals surface area contributed by atoms with Crippen LogP contribution in [-0.4, -0.2) is 33.5 Å². The SMILES string of the molecule is CCCCOC(=O)CC[Te]c1ccc(C)cc1. The first-order valence-corrected chi connectivity index (χ1v) is 8.88. The molecule has 0 unspecified atom stereocenters. The minimum atomic E-state index is -0.220. The Morgan fingerprint density at radius 1 is 1.29 bits per heavy atom. The third-order valence-corrected chi connectivity index (χ3v) is 5.25. The number of carbonyl (C=O) groups excluding carboxylic acids is 1. The van der Waals surface area contributed by atoms with Crippen LogP contribution in [0.1, 0.15) is 31.7 Å². The number of ether oxygens (including phenoxy) is 1. The van der Waals surface area contributed by atoms with Crippen LogP contribution in [0.15, 0.2) is 24.3 Å². The number of hydrogen-bond acceptors (Lipinski definition) is 2. The fourth-order valence-corrected chi connectivity index (χ4v) is 3.67. The molecule has 94 valence electrons. The van der Waals surface area contributed by atoms with E-state index in [1.807, 2.05) is 0 Å². The summed E-state index contributed by atoms with van der Waals surface area (Å²) in [5.41, 5.74) is 1.29. The first-order chi connectivity index (χ1) is 8.22. The third kappa shape index (κ3) is 6.71. The minimum absolute atomic E-state index is 0.0318. The van der Waals surface area contributed by atoms with E-state index in [0.29, 0.717) is 13.0 Å². The molecule has 0 aliphatic carbocycles. The van der Waals surface area contributed by atoms with Crippen LogP contribution in [-0.2, 0) is 9.53 Å². The maximum absolute atomic E-state index is 11.4. The summed E-state index contributed by atoms with van der Waals surface area (Å²) in [6.45, 7) is 4.77. The van der Waals surface area contributed by atoms with Gasteiger partial charge in [0, 0.05) is 0 Å². The molecule has 0 N–H and O–H groups in total. The van der Waals surface area contributed by atoms with Gasteiger partial charge in [0.2, 0.25) is 0 Å². The van der Waals surface area contributed by atoms with Gasteiger partial charge in [0.25, 0.3) is 0 Å². The zero-order valence-electron chi connectivity index (χ0n) is 10.6. The quantitative estimate of drug-likeness (QED) is 0.430. The van der Waals surface area contributed by atoms with Gasteiger partial charge >= 0.3 is 114 Å². The van der Waals surface area contributed by atoms with E-state index in [1.54, 1.807) is 0 Å². The Morgan fingerprint density at radius 2 is 2.00 bits per heavy atom. The second-order valence-electron chi connectivity index (χ2n) is 3.99. The van der Waals surface area contributed by atoms with Crippen LogP contribution in [0.2, 0.25) is 4.47 Å². The van der Waals surface area contributed by atoms with Crippen molar-refractivity contribution in [2.75, 3.05) is 6.61 Å². The van der Waals surface area contributed by atoms with Crippen LogP contribution in [0.3, 0.4) is 0 Å². The van der Waals surface area contributed by atoms with Crippen LogP contribution >= 0.6 is 0 Å². The van der Waals surface area contributed by atoms with E-state index < -0.39 is 0 Å². The summed E-state index contributed by atoms with van der Waals surface area (Å²) < 4.78 is 7.54. The van der Waals surface area contributed by atoms with Crippen molar-refractivity contribution in [3.8, 4) is 0 Å². The predicted octanol–water partition coefficient (Wildman–Crippen LogP) is 2.48. The van der Waals surface area contributed by atoms with Crippen molar-refractivity contribution in [3.63, 3.8) is 0 Å². The summed E-state index contributed by atoms with van der Waals surface area (Å²) >= 11 is -0.220. The van der Waals surface area contributed by atoms with Gasteiger partial charge in [-0.05, 0) is 0 Å². The zero-order chi connectivity index (χ0) is 12.5. The predicted molar refractivity (Wildman–Crippen MR) is 71.9 cm³/mol. The van der Waals surface area contributed by atoms with E-state index in [2.05, 4.69) is 38.1 Å². The molecule has 3 heteroatoms. The molecule has 0 spiro atoms. The molecule has 0 saturated heterocycles. The Balaban J connectivity index is 2.14. The van der Waals surface area contributed by atoms with Crippen molar-refractivity contribution in [1.29, 1.82) is 0 Å². The van der Waals surface area contributed by atoms with Gasteiger partial charge in [-0.15, -0.1) is 0 Å². The second kappa shape index (κ2) is 8.55. The van der Waals surface area contributed by atoms with Crippen LogP contribution < -0.4 is 3.61 Å². The molecule has 0 saturated carbocycles. The number of esters is 1. The summed E-state index contributed by atoms with van der Waals surface area (Å²) in [6, 6.07) is 8.64. The molecule has 0 aliphatic heterocycles. The molecule has 0 atom stereocenters. The van der Waals surface area contributed by atoms with E-state index in [0.717, 1.165) is 17.3 Å². The maximum atomic E-state index is 11.4. The Labute approximate surface area is 114 Å². The molecule has 1 aromatic carbocycles. The molecular formula is C14H20O2Te.